The van der Waals surface area contributed by atoms with Gasteiger partial charge in [0.05, 0.1) is 5.56 Å². The number of rotatable bonds is 2. The van der Waals surface area contributed by atoms with E-state index in [1.165, 1.54) is 12.5 Å². The third-order valence-electron chi connectivity index (χ3n) is 4.20. The quantitative estimate of drug-likeness (QED) is 0.872. The molecule has 2 rings (SSSR count). The van der Waals surface area contributed by atoms with E-state index in [4.69, 9.17) is 0 Å². The molecule has 1 aromatic carbocycles. The minimum absolute atomic E-state index is 0.0701. The Morgan fingerprint density at radius 3 is 2.68 bits per heavy atom. The van der Waals surface area contributed by atoms with E-state index in [-0.39, 0.29) is 11.6 Å². The Morgan fingerprint density at radius 1 is 1.26 bits per heavy atom. The van der Waals surface area contributed by atoms with E-state index in [0.29, 0.717) is 11.8 Å². The van der Waals surface area contributed by atoms with Gasteiger partial charge in [-0.3, -0.25) is 4.79 Å². The van der Waals surface area contributed by atoms with Crippen molar-refractivity contribution in [1.82, 2.24) is 5.32 Å². The van der Waals surface area contributed by atoms with Crippen LogP contribution in [-0.4, -0.2) is 11.9 Å². The van der Waals surface area contributed by atoms with Crippen LogP contribution in [0.3, 0.4) is 0 Å². The molecule has 19 heavy (non-hydrogen) atoms. The van der Waals surface area contributed by atoms with Crippen LogP contribution in [0.25, 0.3) is 0 Å². The number of halogens is 2. The van der Waals surface area contributed by atoms with Gasteiger partial charge in [-0.05, 0) is 30.4 Å². The smallest absolute Gasteiger partial charge is 0.254 e. The molecule has 0 unspecified atom stereocenters. The van der Waals surface area contributed by atoms with Crippen molar-refractivity contribution in [3.63, 3.8) is 0 Å². The van der Waals surface area contributed by atoms with E-state index < -0.39 is 17.5 Å². The summed E-state index contributed by atoms with van der Waals surface area (Å²) < 4.78 is 26.3. The average Bonchev–Trinajstić information content (AvgIpc) is 2.34. The Hall–Kier alpha value is -1.45. The molecule has 4 heteroatoms. The van der Waals surface area contributed by atoms with Crippen LogP contribution in [0, 0.1) is 23.5 Å². The van der Waals surface area contributed by atoms with Crippen molar-refractivity contribution in [2.75, 3.05) is 0 Å². The summed E-state index contributed by atoms with van der Waals surface area (Å²) in [6.45, 7) is 4.28. The maximum Gasteiger partial charge on any atom is 0.254 e. The van der Waals surface area contributed by atoms with Gasteiger partial charge in [-0.2, -0.15) is 0 Å². The standard InChI is InChI=1S/C15H19F2NO/c1-9-4-3-5-14(10(9)2)18-15(19)12-7-6-11(16)8-13(12)17/h6-10,14H,3-5H2,1-2H3,(H,18,19)/t9-,10-,14-/m1/s1. The molecule has 0 radical (unpaired) electrons. The molecular weight excluding hydrogens is 248 g/mol. The number of hydrogen-bond acceptors (Lipinski definition) is 1. The lowest BCUT2D eigenvalue weighted by Gasteiger charge is -2.34. The van der Waals surface area contributed by atoms with Crippen LogP contribution in [0.2, 0.25) is 0 Å². The lowest BCUT2D eigenvalue weighted by molar-refractivity contribution is 0.0887. The number of amides is 1. The SMILES string of the molecule is C[C@@H]1[C@H](C)CCC[C@H]1NC(=O)c1ccc(F)cc1F. The fourth-order valence-corrected chi connectivity index (χ4v) is 2.71. The first-order valence-corrected chi connectivity index (χ1v) is 6.75. The molecule has 104 valence electrons. The Morgan fingerprint density at radius 2 is 2.00 bits per heavy atom. The highest BCUT2D eigenvalue weighted by Gasteiger charge is 2.28. The van der Waals surface area contributed by atoms with Gasteiger partial charge in [0.15, 0.2) is 0 Å². The number of carbonyl (C=O) groups is 1. The summed E-state index contributed by atoms with van der Waals surface area (Å²) in [6, 6.07) is 3.10. The van der Waals surface area contributed by atoms with E-state index in [1.807, 2.05) is 0 Å². The highest BCUT2D eigenvalue weighted by molar-refractivity contribution is 5.94. The predicted molar refractivity (Wildman–Crippen MR) is 69.8 cm³/mol. The summed E-state index contributed by atoms with van der Waals surface area (Å²) >= 11 is 0. The van der Waals surface area contributed by atoms with Gasteiger partial charge in [0, 0.05) is 12.1 Å². The molecule has 1 saturated carbocycles. The fourth-order valence-electron chi connectivity index (χ4n) is 2.71. The van der Waals surface area contributed by atoms with Crippen molar-refractivity contribution in [2.45, 2.75) is 39.2 Å². The van der Waals surface area contributed by atoms with Crippen LogP contribution >= 0.6 is 0 Å². The van der Waals surface area contributed by atoms with Crippen LogP contribution in [-0.2, 0) is 0 Å². The van der Waals surface area contributed by atoms with Crippen molar-refractivity contribution >= 4 is 5.91 Å². The van der Waals surface area contributed by atoms with Crippen molar-refractivity contribution in [1.29, 1.82) is 0 Å². The molecular formula is C15H19F2NO. The van der Waals surface area contributed by atoms with Gasteiger partial charge in [0.25, 0.3) is 5.91 Å². The monoisotopic (exact) mass is 267 g/mol. The van der Waals surface area contributed by atoms with Crippen LogP contribution in [0.4, 0.5) is 8.78 Å². The maximum atomic E-state index is 13.5. The van der Waals surface area contributed by atoms with E-state index >= 15 is 0 Å². The molecule has 2 nitrogen and oxygen atoms in total. The van der Waals surface area contributed by atoms with Crippen LogP contribution in [0.5, 0.6) is 0 Å². The van der Waals surface area contributed by atoms with E-state index in [1.54, 1.807) is 0 Å². The lowest BCUT2D eigenvalue weighted by Crippen LogP contribution is -2.43. The molecule has 0 spiro atoms. The maximum absolute atomic E-state index is 13.5. The second-order valence-electron chi connectivity index (χ2n) is 5.47. The van der Waals surface area contributed by atoms with Gasteiger partial charge in [-0.25, -0.2) is 8.78 Å². The van der Waals surface area contributed by atoms with Crippen LogP contribution in [0.1, 0.15) is 43.5 Å². The minimum Gasteiger partial charge on any atom is -0.349 e. The zero-order valence-corrected chi connectivity index (χ0v) is 11.2. The topological polar surface area (TPSA) is 29.1 Å². The van der Waals surface area contributed by atoms with Crippen LogP contribution in [0.15, 0.2) is 18.2 Å². The summed E-state index contributed by atoms with van der Waals surface area (Å²) in [7, 11) is 0. The Balaban J connectivity index is 2.08. The largest absolute Gasteiger partial charge is 0.349 e. The van der Waals surface area contributed by atoms with Crippen molar-refractivity contribution in [3.8, 4) is 0 Å². The highest BCUT2D eigenvalue weighted by Crippen LogP contribution is 2.29. The van der Waals surface area contributed by atoms with Gasteiger partial charge in [-0.15, -0.1) is 0 Å². The molecule has 0 aromatic heterocycles. The molecule has 1 aliphatic rings. The zero-order valence-electron chi connectivity index (χ0n) is 11.2. The van der Waals surface area contributed by atoms with E-state index in [2.05, 4.69) is 19.2 Å². The fraction of sp³-hybridized carbons (Fsp3) is 0.533. The first-order valence-electron chi connectivity index (χ1n) is 6.75. The summed E-state index contributed by atoms with van der Waals surface area (Å²) in [4.78, 5) is 12.0. The van der Waals surface area contributed by atoms with Gasteiger partial charge < -0.3 is 5.32 Å². The Bertz CT molecular complexity index is 475. The van der Waals surface area contributed by atoms with Crippen LogP contribution < -0.4 is 5.32 Å². The van der Waals surface area contributed by atoms with Gasteiger partial charge >= 0.3 is 0 Å². The third-order valence-corrected chi connectivity index (χ3v) is 4.20. The number of nitrogens with one attached hydrogen (secondary N) is 1. The van der Waals surface area contributed by atoms with E-state index in [9.17, 15) is 13.6 Å². The first kappa shape index (κ1) is 14.0. The molecule has 1 aromatic rings. The lowest BCUT2D eigenvalue weighted by atomic mass is 9.78. The number of benzene rings is 1. The van der Waals surface area contributed by atoms with E-state index in [0.717, 1.165) is 25.0 Å². The molecule has 0 heterocycles. The van der Waals surface area contributed by atoms with Crippen molar-refractivity contribution in [3.05, 3.63) is 35.4 Å². The molecule has 1 fully saturated rings. The Labute approximate surface area is 112 Å². The molecule has 1 aliphatic carbocycles. The number of carbonyl (C=O) groups excluding carboxylic acids is 1. The molecule has 1 amide bonds. The minimum atomic E-state index is -0.811. The highest BCUT2D eigenvalue weighted by atomic mass is 19.1. The second-order valence-corrected chi connectivity index (χ2v) is 5.47. The first-order chi connectivity index (χ1) is 8.99. The third kappa shape index (κ3) is 3.11. The van der Waals surface area contributed by atoms with Crippen molar-refractivity contribution in [2.24, 2.45) is 11.8 Å². The summed E-state index contributed by atoms with van der Waals surface area (Å²) in [5.74, 6) is -1.01. The molecule has 0 bridgehead atoms. The molecule has 0 saturated heterocycles. The molecule has 3 atom stereocenters. The summed E-state index contributed by atoms with van der Waals surface area (Å²) in [5.41, 5.74) is -0.0909. The van der Waals surface area contributed by atoms with Crippen molar-refractivity contribution < 1.29 is 13.6 Å². The second kappa shape index (κ2) is 5.68. The van der Waals surface area contributed by atoms with Gasteiger partial charge in [-0.1, -0.05) is 26.7 Å². The predicted octanol–water partition coefficient (Wildman–Crippen LogP) is 3.52. The zero-order chi connectivity index (χ0) is 14.0. The summed E-state index contributed by atoms with van der Waals surface area (Å²) in [5, 5.41) is 2.87. The molecule has 0 aliphatic heterocycles. The average molecular weight is 267 g/mol. The summed E-state index contributed by atoms with van der Waals surface area (Å²) in [6.07, 6.45) is 3.15. The molecule has 1 N–H and O–H groups in total. The number of hydrogen-bond donors (Lipinski definition) is 1. The van der Waals surface area contributed by atoms with Gasteiger partial charge in [0.1, 0.15) is 11.6 Å². The normalized spacial score (nSPS) is 27.1. The van der Waals surface area contributed by atoms with Gasteiger partial charge in [0.2, 0.25) is 0 Å². The Kier molecular flexibility index (Phi) is 4.17.